The fourth-order valence-corrected chi connectivity index (χ4v) is 3.05. The number of pyridine rings is 1. The highest BCUT2D eigenvalue weighted by Crippen LogP contribution is 2.33. The number of esters is 2. The minimum absolute atomic E-state index is 0.0853. The average Bonchev–Trinajstić information content (AvgIpc) is 2.94. The van der Waals surface area contributed by atoms with Crippen molar-refractivity contribution < 1.29 is 19.1 Å². The van der Waals surface area contributed by atoms with Crippen molar-refractivity contribution in [2.75, 3.05) is 33.4 Å². The smallest absolute Gasteiger partial charge is 0.340 e. The molecule has 1 aliphatic heterocycles. The van der Waals surface area contributed by atoms with Crippen LogP contribution in [0.1, 0.15) is 42.2 Å². The first kappa shape index (κ1) is 17.4. The fraction of sp³-hybridized carbons (Fsp3) is 0.588. The van der Waals surface area contributed by atoms with E-state index in [9.17, 15) is 9.59 Å². The SMILES string of the molecule is CCOC(=O)c1cccnc1C(C(=O)OCC)C1CCN(C)C1. The first-order valence-electron chi connectivity index (χ1n) is 8.05. The summed E-state index contributed by atoms with van der Waals surface area (Å²) < 4.78 is 10.4. The molecule has 23 heavy (non-hydrogen) atoms. The number of hydrogen-bond donors (Lipinski definition) is 0. The zero-order valence-electron chi connectivity index (χ0n) is 13.9. The number of aromatic nitrogens is 1. The summed E-state index contributed by atoms with van der Waals surface area (Å²) in [5.41, 5.74) is 0.812. The largest absolute Gasteiger partial charge is 0.465 e. The van der Waals surface area contributed by atoms with Gasteiger partial charge in [0.15, 0.2) is 0 Å². The van der Waals surface area contributed by atoms with E-state index < -0.39 is 11.9 Å². The number of hydrogen-bond acceptors (Lipinski definition) is 6. The molecule has 1 fully saturated rings. The Morgan fingerprint density at radius 2 is 2.09 bits per heavy atom. The van der Waals surface area contributed by atoms with Crippen LogP contribution in [0.2, 0.25) is 0 Å². The summed E-state index contributed by atoms with van der Waals surface area (Å²) in [6.07, 6.45) is 2.47. The maximum atomic E-state index is 12.5. The molecule has 0 N–H and O–H groups in total. The molecule has 2 atom stereocenters. The lowest BCUT2D eigenvalue weighted by atomic mass is 9.86. The zero-order chi connectivity index (χ0) is 16.8. The third-order valence-corrected chi connectivity index (χ3v) is 4.07. The van der Waals surface area contributed by atoms with Crippen molar-refractivity contribution in [3.05, 3.63) is 29.6 Å². The number of rotatable bonds is 6. The molecule has 0 bridgehead atoms. The monoisotopic (exact) mass is 320 g/mol. The van der Waals surface area contributed by atoms with Crippen LogP contribution in [0.5, 0.6) is 0 Å². The molecule has 0 aliphatic carbocycles. The average molecular weight is 320 g/mol. The van der Waals surface area contributed by atoms with Crippen LogP contribution in [0.4, 0.5) is 0 Å². The van der Waals surface area contributed by atoms with Crippen LogP contribution in [0.3, 0.4) is 0 Å². The van der Waals surface area contributed by atoms with Gasteiger partial charge in [0.2, 0.25) is 0 Å². The molecule has 0 saturated carbocycles. The highest BCUT2D eigenvalue weighted by molar-refractivity contribution is 5.93. The molecule has 2 unspecified atom stereocenters. The minimum Gasteiger partial charge on any atom is -0.465 e. The Kier molecular flexibility index (Phi) is 6.10. The van der Waals surface area contributed by atoms with Crippen molar-refractivity contribution in [2.45, 2.75) is 26.2 Å². The molecule has 0 spiro atoms. The van der Waals surface area contributed by atoms with Gasteiger partial charge in [-0.1, -0.05) is 0 Å². The summed E-state index contributed by atoms with van der Waals surface area (Å²) in [6, 6.07) is 3.34. The molecule has 2 heterocycles. The molecule has 1 aliphatic rings. The second kappa shape index (κ2) is 8.06. The lowest BCUT2D eigenvalue weighted by Crippen LogP contribution is -2.29. The number of ether oxygens (including phenoxy) is 2. The minimum atomic E-state index is -0.541. The van der Waals surface area contributed by atoms with Crippen molar-refractivity contribution in [2.24, 2.45) is 5.92 Å². The van der Waals surface area contributed by atoms with E-state index in [1.54, 1.807) is 32.2 Å². The van der Waals surface area contributed by atoms with Crippen molar-refractivity contribution in [1.82, 2.24) is 9.88 Å². The molecular weight excluding hydrogens is 296 g/mol. The maximum Gasteiger partial charge on any atom is 0.340 e. The van der Waals surface area contributed by atoms with Crippen LogP contribution in [-0.4, -0.2) is 55.2 Å². The molecule has 1 aromatic rings. The van der Waals surface area contributed by atoms with Gasteiger partial charge in [-0.05, 0) is 51.9 Å². The first-order chi connectivity index (χ1) is 11.1. The number of carbonyl (C=O) groups is 2. The molecule has 2 rings (SSSR count). The van der Waals surface area contributed by atoms with E-state index in [0.717, 1.165) is 19.5 Å². The van der Waals surface area contributed by atoms with Gasteiger partial charge >= 0.3 is 11.9 Å². The third-order valence-electron chi connectivity index (χ3n) is 4.07. The summed E-state index contributed by atoms with van der Waals surface area (Å²) in [6.45, 7) is 5.82. The Bertz CT molecular complexity index is 561. The van der Waals surface area contributed by atoms with Crippen LogP contribution in [0, 0.1) is 5.92 Å². The van der Waals surface area contributed by atoms with E-state index in [1.807, 2.05) is 7.05 Å². The summed E-state index contributed by atoms with van der Waals surface area (Å²) in [7, 11) is 2.02. The summed E-state index contributed by atoms with van der Waals surface area (Å²) in [5, 5.41) is 0. The molecule has 6 heteroatoms. The summed E-state index contributed by atoms with van der Waals surface area (Å²) >= 11 is 0. The van der Waals surface area contributed by atoms with E-state index in [4.69, 9.17) is 9.47 Å². The van der Waals surface area contributed by atoms with Crippen LogP contribution >= 0.6 is 0 Å². The Balaban J connectivity index is 2.39. The van der Waals surface area contributed by atoms with Crippen molar-refractivity contribution in [3.8, 4) is 0 Å². The Morgan fingerprint density at radius 1 is 1.35 bits per heavy atom. The van der Waals surface area contributed by atoms with Crippen LogP contribution in [0.15, 0.2) is 18.3 Å². The molecular formula is C17H24N2O4. The van der Waals surface area contributed by atoms with E-state index in [1.165, 1.54) is 0 Å². The van der Waals surface area contributed by atoms with Crippen molar-refractivity contribution in [1.29, 1.82) is 0 Å². The summed E-state index contributed by atoms with van der Waals surface area (Å²) in [4.78, 5) is 31.2. The topological polar surface area (TPSA) is 68.7 Å². The predicted octanol–water partition coefficient (Wildman–Crippen LogP) is 1.86. The van der Waals surface area contributed by atoms with Crippen LogP contribution in [-0.2, 0) is 14.3 Å². The second-order valence-electron chi connectivity index (χ2n) is 5.70. The van der Waals surface area contributed by atoms with Gasteiger partial charge < -0.3 is 14.4 Å². The van der Waals surface area contributed by atoms with Gasteiger partial charge in [0.05, 0.1) is 24.5 Å². The van der Waals surface area contributed by atoms with Gasteiger partial charge in [0.25, 0.3) is 0 Å². The highest BCUT2D eigenvalue weighted by atomic mass is 16.5. The zero-order valence-corrected chi connectivity index (χ0v) is 13.9. The van der Waals surface area contributed by atoms with E-state index >= 15 is 0 Å². The molecule has 0 radical (unpaired) electrons. The highest BCUT2D eigenvalue weighted by Gasteiger charge is 2.38. The van der Waals surface area contributed by atoms with Gasteiger partial charge in [0, 0.05) is 12.7 Å². The molecule has 1 saturated heterocycles. The molecule has 1 aromatic heterocycles. The lowest BCUT2D eigenvalue weighted by Gasteiger charge is -2.23. The van der Waals surface area contributed by atoms with E-state index in [2.05, 4.69) is 9.88 Å². The fourth-order valence-electron chi connectivity index (χ4n) is 3.05. The Morgan fingerprint density at radius 3 is 2.70 bits per heavy atom. The van der Waals surface area contributed by atoms with Crippen LogP contribution < -0.4 is 0 Å². The van der Waals surface area contributed by atoms with E-state index in [0.29, 0.717) is 17.9 Å². The quantitative estimate of drug-likeness (QED) is 0.745. The number of likely N-dealkylation sites (tertiary alicyclic amines) is 1. The standard InChI is InChI=1S/C17H24N2O4/c1-4-22-16(20)13-7-6-9-18-15(13)14(17(21)23-5-2)12-8-10-19(3)11-12/h6-7,9,12,14H,4-5,8,10-11H2,1-3H3. The molecule has 126 valence electrons. The van der Waals surface area contributed by atoms with E-state index in [-0.39, 0.29) is 18.5 Å². The lowest BCUT2D eigenvalue weighted by molar-refractivity contribution is -0.146. The van der Waals surface area contributed by atoms with Gasteiger partial charge in [-0.2, -0.15) is 0 Å². The molecule has 6 nitrogen and oxygen atoms in total. The number of nitrogens with zero attached hydrogens (tertiary/aromatic N) is 2. The Labute approximate surface area is 136 Å². The van der Waals surface area contributed by atoms with Crippen molar-refractivity contribution >= 4 is 11.9 Å². The third kappa shape index (κ3) is 4.07. The van der Waals surface area contributed by atoms with Gasteiger partial charge in [-0.15, -0.1) is 0 Å². The van der Waals surface area contributed by atoms with Gasteiger partial charge in [-0.3, -0.25) is 9.78 Å². The normalized spacial score (nSPS) is 19.3. The predicted molar refractivity (Wildman–Crippen MR) is 85.2 cm³/mol. The summed E-state index contributed by atoms with van der Waals surface area (Å²) in [5.74, 6) is -1.23. The van der Waals surface area contributed by atoms with Crippen molar-refractivity contribution in [3.63, 3.8) is 0 Å². The Hall–Kier alpha value is -1.95. The van der Waals surface area contributed by atoms with Gasteiger partial charge in [0.1, 0.15) is 5.92 Å². The van der Waals surface area contributed by atoms with Gasteiger partial charge in [-0.25, -0.2) is 4.79 Å². The second-order valence-corrected chi connectivity index (χ2v) is 5.70. The van der Waals surface area contributed by atoms with Crippen LogP contribution in [0.25, 0.3) is 0 Å². The molecule has 0 amide bonds. The maximum absolute atomic E-state index is 12.5. The number of carbonyl (C=O) groups excluding carboxylic acids is 2. The molecule has 0 aromatic carbocycles. The first-order valence-corrected chi connectivity index (χ1v) is 8.05.